The maximum absolute atomic E-state index is 6.37. The van der Waals surface area contributed by atoms with E-state index in [0.717, 1.165) is 18.4 Å². The Morgan fingerprint density at radius 2 is 1.53 bits per heavy atom. The Balaban J connectivity index is 2.12. The summed E-state index contributed by atoms with van der Waals surface area (Å²) in [7, 11) is 0. The van der Waals surface area contributed by atoms with Crippen LogP contribution in [0.4, 0.5) is 0 Å². The van der Waals surface area contributed by atoms with Crippen molar-refractivity contribution in [2.45, 2.75) is 77.7 Å². The number of hydrogen-bond acceptors (Lipinski definition) is 1. The van der Waals surface area contributed by atoms with Crippen molar-refractivity contribution in [3.05, 3.63) is 0 Å². The normalized spacial score (nSPS) is 41.8. The van der Waals surface area contributed by atoms with Crippen LogP contribution >= 0.6 is 0 Å². The second-order valence-electron chi connectivity index (χ2n) is 6.63. The van der Waals surface area contributed by atoms with Crippen LogP contribution in [0.1, 0.15) is 72.1 Å². The van der Waals surface area contributed by atoms with E-state index in [-0.39, 0.29) is 5.60 Å². The maximum atomic E-state index is 6.37. The van der Waals surface area contributed by atoms with E-state index in [9.17, 15) is 0 Å². The van der Waals surface area contributed by atoms with Gasteiger partial charge < -0.3 is 4.74 Å². The zero-order valence-electron chi connectivity index (χ0n) is 12.0. The van der Waals surface area contributed by atoms with Crippen LogP contribution in [0.15, 0.2) is 0 Å². The summed E-state index contributed by atoms with van der Waals surface area (Å²) in [6.45, 7) is 8.26. The highest BCUT2D eigenvalue weighted by atomic mass is 16.5. The van der Waals surface area contributed by atoms with Crippen molar-refractivity contribution in [1.82, 2.24) is 0 Å². The zero-order chi connectivity index (χ0) is 12.3. The van der Waals surface area contributed by atoms with Crippen LogP contribution in [0.25, 0.3) is 0 Å². The van der Waals surface area contributed by atoms with Crippen molar-refractivity contribution in [3.63, 3.8) is 0 Å². The molecule has 0 aromatic rings. The summed E-state index contributed by atoms with van der Waals surface area (Å²) in [6, 6.07) is 0. The molecule has 1 heterocycles. The van der Waals surface area contributed by atoms with Crippen molar-refractivity contribution in [1.29, 1.82) is 0 Å². The Hall–Kier alpha value is -0.0400. The van der Waals surface area contributed by atoms with Crippen LogP contribution in [0.5, 0.6) is 0 Å². The van der Waals surface area contributed by atoms with Crippen LogP contribution < -0.4 is 0 Å². The van der Waals surface area contributed by atoms with Gasteiger partial charge in [0, 0.05) is 6.61 Å². The summed E-state index contributed by atoms with van der Waals surface area (Å²) in [6.07, 6.45) is 11.1. The van der Waals surface area contributed by atoms with Crippen molar-refractivity contribution in [3.8, 4) is 0 Å². The van der Waals surface area contributed by atoms with Crippen LogP contribution in [-0.4, -0.2) is 12.2 Å². The quantitative estimate of drug-likeness (QED) is 0.596. The average molecular weight is 238 g/mol. The molecule has 1 heteroatoms. The van der Waals surface area contributed by atoms with Gasteiger partial charge in [0.2, 0.25) is 0 Å². The van der Waals surface area contributed by atoms with E-state index in [1.54, 1.807) is 0 Å². The van der Waals surface area contributed by atoms with Gasteiger partial charge in [0.1, 0.15) is 0 Å². The van der Waals surface area contributed by atoms with E-state index in [4.69, 9.17) is 4.74 Å². The molecule has 2 rings (SSSR count). The van der Waals surface area contributed by atoms with Crippen molar-refractivity contribution < 1.29 is 4.74 Å². The Morgan fingerprint density at radius 3 is 2.18 bits per heavy atom. The SMILES string of the molecule is CC1CCCOC(C)(C2CCCCCC2)C1C. The second-order valence-corrected chi connectivity index (χ2v) is 6.63. The highest BCUT2D eigenvalue weighted by molar-refractivity contribution is 4.93. The minimum absolute atomic E-state index is 0.153. The highest BCUT2D eigenvalue weighted by Gasteiger charge is 2.43. The zero-order valence-corrected chi connectivity index (χ0v) is 12.0. The summed E-state index contributed by atoms with van der Waals surface area (Å²) in [5.74, 6) is 2.35. The van der Waals surface area contributed by atoms with Crippen molar-refractivity contribution >= 4 is 0 Å². The third kappa shape index (κ3) is 2.86. The van der Waals surface area contributed by atoms with Gasteiger partial charge in [-0.3, -0.25) is 0 Å². The molecule has 2 aliphatic rings. The summed E-state index contributed by atoms with van der Waals surface area (Å²) in [5, 5.41) is 0. The first-order valence-corrected chi connectivity index (χ1v) is 7.78. The molecule has 3 unspecified atom stereocenters. The van der Waals surface area contributed by atoms with Crippen LogP contribution in [0.3, 0.4) is 0 Å². The summed E-state index contributed by atoms with van der Waals surface area (Å²) in [5.41, 5.74) is 0.153. The molecule has 1 aliphatic carbocycles. The van der Waals surface area contributed by atoms with Gasteiger partial charge in [-0.15, -0.1) is 0 Å². The van der Waals surface area contributed by atoms with Crippen molar-refractivity contribution in [2.75, 3.05) is 6.61 Å². The van der Waals surface area contributed by atoms with Gasteiger partial charge in [-0.2, -0.15) is 0 Å². The van der Waals surface area contributed by atoms with E-state index in [2.05, 4.69) is 20.8 Å². The summed E-state index contributed by atoms with van der Waals surface area (Å²) < 4.78 is 6.37. The fourth-order valence-electron chi connectivity index (χ4n) is 3.99. The molecule has 0 aromatic heterocycles. The van der Waals surface area contributed by atoms with Crippen LogP contribution in [0, 0.1) is 17.8 Å². The van der Waals surface area contributed by atoms with Gasteiger partial charge >= 0.3 is 0 Å². The molecule has 0 N–H and O–H groups in total. The smallest absolute Gasteiger partial charge is 0.0710 e. The predicted octanol–water partition coefficient (Wildman–Crippen LogP) is 4.80. The fourth-order valence-corrected chi connectivity index (χ4v) is 3.99. The molecule has 100 valence electrons. The molecule has 3 atom stereocenters. The fraction of sp³-hybridized carbons (Fsp3) is 1.00. The van der Waals surface area contributed by atoms with E-state index in [1.807, 2.05) is 0 Å². The minimum Gasteiger partial charge on any atom is -0.375 e. The third-order valence-electron chi connectivity index (χ3n) is 5.64. The molecule has 1 aliphatic heterocycles. The lowest BCUT2D eigenvalue weighted by Gasteiger charge is -2.43. The average Bonchev–Trinajstić information content (AvgIpc) is 2.66. The number of rotatable bonds is 1. The van der Waals surface area contributed by atoms with E-state index < -0.39 is 0 Å². The first kappa shape index (κ1) is 13.4. The monoisotopic (exact) mass is 238 g/mol. The molecule has 0 aromatic carbocycles. The third-order valence-corrected chi connectivity index (χ3v) is 5.64. The van der Waals surface area contributed by atoms with E-state index in [1.165, 1.54) is 51.4 Å². The van der Waals surface area contributed by atoms with Gasteiger partial charge in [0.05, 0.1) is 5.60 Å². The summed E-state index contributed by atoms with van der Waals surface area (Å²) >= 11 is 0. The van der Waals surface area contributed by atoms with Gasteiger partial charge in [-0.05, 0) is 50.4 Å². The lowest BCUT2D eigenvalue weighted by atomic mass is 9.70. The molecule has 1 saturated carbocycles. The van der Waals surface area contributed by atoms with Gasteiger partial charge in [0.25, 0.3) is 0 Å². The molecule has 0 amide bonds. The number of hydrogen-bond donors (Lipinski definition) is 0. The van der Waals surface area contributed by atoms with Gasteiger partial charge in [0.15, 0.2) is 0 Å². The Kier molecular flexibility index (Phi) is 4.52. The largest absolute Gasteiger partial charge is 0.375 e. The molecule has 0 bridgehead atoms. The second kappa shape index (κ2) is 5.73. The first-order valence-electron chi connectivity index (χ1n) is 7.78. The molecule has 0 spiro atoms. The van der Waals surface area contributed by atoms with Crippen LogP contribution in [-0.2, 0) is 4.74 Å². The minimum atomic E-state index is 0.153. The molecule has 17 heavy (non-hydrogen) atoms. The lowest BCUT2D eigenvalue weighted by molar-refractivity contribution is -0.112. The highest BCUT2D eigenvalue weighted by Crippen LogP contribution is 2.44. The lowest BCUT2D eigenvalue weighted by Crippen LogP contribution is -2.45. The Labute approximate surface area is 107 Å². The Morgan fingerprint density at radius 1 is 0.882 bits per heavy atom. The number of ether oxygens (including phenoxy) is 1. The molecular weight excluding hydrogens is 208 g/mol. The topological polar surface area (TPSA) is 9.23 Å². The molecule has 0 radical (unpaired) electrons. The summed E-state index contributed by atoms with van der Waals surface area (Å²) in [4.78, 5) is 0. The Bertz CT molecular complexity index is 230. The van der Waals surface area contributed by atoms with Crippen LogP contribution in [0.2, 0.25) is 0 Å². The molecule has 1 saturated heterocycles. The van der Waals surface area contributed by atoms with E-state index >= 15 is 0 Å². The molecule has 1 nitrogen and oxygen atoms in total. The predicted molar refractivity (Wildman–Crippen MR) is 73.1 cm³/mol. The molecular formula is C16H30O. The maximum Gasteiger partial charge on any atom is 0.0710 e. The van der Waals surface area contributed by atoms with Crippen molar-refractivity contribution in [2.24, 2.45) is 17.8 Å². The van der Waals surface area contributed by atoms with Gasteiger partial charge in [-0.25, -0.2) is 0 Å². The van der Waals surface area contributed by atoms with E-state index in [0.29, 0.717) is 5.92 Å². The molecule has 2 fully saturated rings. The standard InChI is InChI=1S/C16H30O/c1-13-9-8-12-17-16(3,14(13)2)15-10-6-4-5-7-11-15/h13-15H,4-12H2,1-3H3. The van der Waals surface area contributed by atoms with Gasteiger partial charge in [-0.1, -0.05) is 39.5 Å². The first-order chi connectivity index (χ1) is 8.14.